The van der Waals surface area contributed by atoms with Gasteiger partial charge in [0.15, 0.2) is 9.84 Å². The SMILES string of the molecule is C#CCCNc1ccccc1S(=O)(=O)CCC. The van der Waals surface area contributed by atoms with Crippen LogP contribution in [0.4, 0.5) is 5.69 Å². The van der Waals surface area contributed by atoms with Crippen LogP contribution in [0.15, 0.2) is 29.2 Å². The predicted molar refractivity (Wildman–Crippen MR) is 70.7 cm³/mol. The lowest BCUT2D eigenvalue weighted by Crippen LogP contribution is -2.10. The molecule has 0 saturated carbocycles. The molecule has 0 unspecified atom stereocenters. The van der Waals surface area contributed by atoms with Crippen molar-refractivity contribution in [1.29, 1.82) is 0 Å². The number of rotatable bonds is 6. The average Bonchev–Trinajstić information content (AvgIpc) is 2.30. The van der Waals surface area contributed by atoms with Crippen molar-refractivity contribution < 1.29 is 8.42 Å². The van der Waals surface area contributed by atoms with Crippen LogP contribution in [0, 0.1) is 12.3 Å². The Kier molecular flexibility index (Phi) is 5.05. The summed E-state index contributed by atoms with van der Waals surface area (Å²) in [4.78, 5) is 0.360. The Bertz CT molecular complexity index is 500. The van der Waals surface area contributed by atoms with Crippen molar-refractivity contribution in [3.05, 3.63) is 24.3 Å². The number of benzene rings is 1. The van der Waals surface area contributed by atoms with Gasteiger partial charge < -0.3 is 5.32 Å². The fourth-order valence-electron chi connectivity index (χ4n) is 1.53. The normalized spacial score (nSPS) is 10.8. The molecule has 0 spiro atoms. The molecule has 1 N–H and O–H groups in total. The minimum atomic E-state index is -3.19. The quantitative estimate of drug-likeness (QED) is 0.623. The summed E-state index contributed by atoms with van der Waals surface area (Å²) in [6.45, 7) is 2.43. The van der Waals surface area contributed by atoms with Gasteiger partial charge in [0.25, 0.3) is 0 Å². The molecule has 17 heavy (non-hydrogen) atoms. The third-order valence-corrected chi connectivity index (χ3v) is 4.25. The van der Waals surface area contributed by atoms with E-state index in [4.69, 9.17) is 6.42 Å². The molecule has 92 valence electrons. The predicted octanol–water partition coefficient (Wildman–Crippen LogP) is 2.31. The molecule has 0 saturated heterocycles. The van der Waals surface area contributed by atoms with Gasteiger partial charge in [0, 0.05) is 13.0 Å². The molecule has 0 radical (unpaired) electrons. The Labute approximate surface area is 103 Å². The second kappa shape index (κ2) is 6.31. The van der Waals surface area contributed by atoms with Gasteiger partial charge in [-0.3, -0.25) is 0 Å². The fraction of sp³-hybridized carbons (Fsp3) is 0.385. The summed E-state index contributed by atoms with van der Waals surface area (Å²) in [5.74, 6) is 2.68. The van der Waals surface area contributed by atoms with E-state index in [2.05, 4.69) is 11.2 Å². The van der Waals surface area contributed by atoms with Crippen LogP contribution in [-0.2, 0) is 9.84 Å². The van der Waals surface area contributed by atoms with Crippen LogP contribution in [0.1, 0.15) is 19.8 Å². The lowest BCUT2D eigenvalue weighted by molar-refractivity contribution is 0.595. The molecule has 0 aliphatic heterocycles. The summed E-state index contributed by atoms with van der Waals surface area (Å²) in [6.07, 6.45) is 6.34. The van der Waals surface area contributed by atoms with Crippen molar-refractivity contribution in [2.45, 2.75) is 24.7 Å². The molecule has 0 atom stereocenters. The third-order valence-electron chi connectivity index (χ3n) is 2.28. The van der Waals surface area contributed by atoms with E-state index < -0.39 is 9.84 Å². The zero-order valence-corrected chi connectivity index (χ0v) is 10.8. The smallest absolute Gasteiger partial charge is 0.180 e. The second-order valence-corrected chi connectivity index (χ2v) is 5.77. The monoisotopic (exact) mass is 251 g/mol. The fourth-order valence-corrected chi connectivity index (χ4v) is 3.05. The summed E-state index contributed by atoms with van der Waals surface area (Å²) < 4.78 is 24.0. The van der Waals surface area contributed by atoms with E-state index in [0.29, 0.717) is 30.0 Å². The Morgan fingerprint density at radius 2 is 2.06 bits per heavy atom. The van der Waals surface area contributed by atoms with Gasteiger partial charge in [-0.1, -0.05) is 19.1 Å². The van der Waals surface area contributed by atoms with Crippen LogP contribution in [0.2, 0.25) is 0 Å². The van der Waals surface area contributed by atoms with Crippen LogP contribution in [0.25, 0.3) is 0 Å². The Morgan fingerprint density at radius 3 is 2.71 bits per heavy atom. The molecule has 0 aromatic heterocycles. The third kappa shape index (κ3) is 3.79. The molecular formula is C13H17NO2S. The molecule has 0 amide bonds. The second-order valence-electron chi connectivity index (χ2n) is 3.70. The average molecular weight is 251 g/mol. The van der Waals surface area contributed by atoms with Gasteiger partial charge in [0.1, 0.15) is 0 Å². The first-order valence-corrected chi connectivity index (χ1v) is 7.26. The van der Waals surface area contributed by atoms with Gasteiger partial charge >= 0.3 is 0 Å². The maximum absolute atomic E-state index is 12.0. The lowest BCUT2D eigenvalue weighted by atomic mass is 10.3. The molecule has 3 nitrogen and oxygen atoms in total. The summed E-state index contributed by atoms with van der Waals surface area (Å²) in [7, 11) is -3.19. The molecule has 1 aromatic carbocycles. The first-order valence-electron chi connectivity index (χ1n) is 5.61. The van der Waals surface area contributed by atoms with E-state index in [-0.39, 0.29) is 5.75 Å². The highest BCUT2D eigenvalue weighted by atomic mass is 32.2. The summed E-state index contributed by atoms with van der Waals surface area (Å²) in [6, 6.07) is 6.93. The van der Waals surface area contributed by atoms with Gasteiger partial charge in [-0.25, -0.2) is 8.42 Å². The van der Waals surface area contributed by atoms with Crippen molar-refractivity contribution >= 4 is 15.5 Å². The van der Waals surface area contributed by atoms with Crippen molar-refractivity contribution in [2.75, 3.05) is 17.6 Å². The van der Waals surface area contributed by atoms with E-state index in [1.54, 1.807) is 18.2 Å². The number of nitrogens with one attached hydrogen (secondary N) is 1. The Balaban J connectivity index is 2.96. The van der Waals surface area contributed by atoms with Gasteiger partial charge in [-0.2, -0.15) is 0 Å². The van der Waals surface area contributed by atoms with Crippen LogP contribution in [0.3, 0.4) is 0 Å². The number of sulfone groups is 1. The van der Waals surface area contributed by atoms with Crippen molar-refractivity contribution in [1.82, 2.24) is 0 Å². The number of hydrogen-bond acceptors (Lipinski definition) is 3. The first kappa shape index (κ1) is 13.6. The van der Waals surface area contributed by atoms with E-state index in [9.17, 15) is 8.42 Å². The summed E-state index contributed by atoms with van der Waals surface area (Å²) >= 11 is 0. The Morgan fingerprint density at radius 1 is 1.35 bits per heavy atom. The standard InChI is InChI=1S/C13H17NO2S/c1-3-5-10-14-12-8-6-7-9-13(12)17(15,16)11-4-2/h1,6-9,14H,4-5,10-11H2,2H3. The molecule has 1 aromatic rings. The zero-order valence-electron chi connectivity index (χ0n) is 9.94. The summed E-state index contributed by atoms with van der Waals surface area (Å²) in [5.41, 5.74) is 0.635. The van der Waals surface area contributed by atoms with E-state index in [1.165, 1.54) is 0 Å². The largest absolute Gasteiger partial charge is 0.383 e. The molecule has 0 aliphatic carbocycles. The van der Waals surface area contributed by atoms with E-state index in [0.717, 1.165) is 0 Å². The molecular weight excluding hydrogens is 234 g/mol. The van der Waals surface area contributed by atoms with Gasteiger partial charge in [-0.05, 0) is 18.6 Å². The molecule has 0 heterocycles. The van der Waals surface area contributed by atoms with Gasteiger partial charge in [-0.15, -0.1) is 12.3 Å². The summed E-state index contributed by atoms with van der Waals surface area (Å²) in [5, 5.41) is 3.06. The maximum atomic E-state index is 12.0. The highest BCUT2D eigenvalue weighted by molar-refractivity contribution is 7.91. The van der Waals surface area contributed by atoms with E-state index in [1.807, 2.05) is 13.0 Å². The lowest BCUT2D eigenvalue weighted by Gasteiger charge is -2.11. The molecule has 0 bridgehead atoms. The number of terminal acetylenes is 1. The topological polar surface area (TPSA) is 46.2 Å². The van der Waals surface area contributed by atoms with Crippen LogP contribution in [-0.4, -0.2) is 20.7 Å². The number of hydrogen-bond donors (Lipinski definition) is 1. The number of anilines is 1. The van der Waals surface area contributed by atoms with E-state index >= 15 is 0 Å². The van der Waals surface area contributed by atoms with Crippen molar-refractivity contribution in [2.24, 2.45) is 0 Å². The molecule has 4 heteroatoms. The van der Waals surface area contributed by atoms with Crippen molar-refractivity contribution in [3.63, 3.8) is 0 Å². The van der Waals surface area contributed by atoms with Gasteiger partial charge in [0.05, 0.1) is 16.3 Å². The van der Waals surface area contributed by atoms with Crippen molar-refractivity contribution in [3.8, 4) is 12.3 Å². The molecule has 0 fully saturated rings. The zero-order chi connectivity index (χ0) is 12.7. The highest BCUT2D eigenvalue weighted by Gasteiger charge is 2.16. The van der Waals surface area contributed by atoms with Gasteiger partial charge in [0.2, 0.25) is 0 Å². The minimum Gasteiger partial charge on any atom is -0.383 e. The molecule has 0 aliphatic rings. The maximum Gasteiger partial charge on any atom is 0.180 e. The van der Waals surface area contributed by atoms with Crippen LogP contribution in [0.5, 0.6) is 0 Å². The first-order chi connectivity index (χ1) is 8.11. The van der Waals surface area contributed by atoms with Crippen LogP contribution >= 0.6 is 0 Å². The highest BCUT2D eigenvalue weighted by Crippen LogP contribution is 2.22. The van der Waals surface area contributed by atoms with Crippen LogP contribution < -0.4 is 5.32 Å². The minimum absolute atomic E-state index is 0.167. The number of para-hydroxylation sites is 1. The molecule has 1 rings (SSSR count). The Hall–Kier alpha value is -1.47.